The van der Waals surface area contributed by atoms with Crippen LogP contribution in [-0.4, -0.2) is 18.7 Å². The number of hydrogen-bond acceptors (Lipinski definition) is 1. The van der Waals surface area contributed by atoms with Crippen molar-refractivity contribution >= 4 is 71.1 Å². The molecule has 11 rings (SSSR count). The Morgan fingerprint density at radius 3 is 1.62 bits per heavy atom. The smallest absolute Gasteiger partial charge is 0.189 e. The second kappa shape index (κ2) is 11.3. The van der Waals surface area contributed by atoms with Crippen LogP contribution in [0.4, 0.5) is 5.69 Å². The van der Waals surface area contributed by atoms with Crippen molar-refractivity contribution in [2.75, 3.05) is 0 Å². The zero-order valence-electron chi connectivity index (χ0n) is 28.5. The van der Waals surface area contributed by atoms with E-state index in [1.165, 1.54) is 32.4 Å². The number of benzene rings is 7. The third-order valence-electron chi connectivity index (χ3n) is 10.7. The quantitative estimate of drug-likeness (QED) is 0.171. The van der Waals surface area contributed by atoms with E-state index in [1.54, 1.807) is 0 Å². The lowest BCUT2D eigenvalue weighted by Gasteiger charge is -2.14. The fraction of sp³-hybridized carbons (Fsp3) is 0. The maximum Gasteiger partial charge on any atom is 0.189 e. The van der Waals surface area contributed by atoms with Crippen LogP contribution < -0.4 is 0 Å². The third kappa shape index (κ3) is 4.27. The van der Waals surface area contributed by atoms with E-state index in [2.05, 4.69) is 175 Å². The van der Waals surface area contributed by atoms with Gasteiger partial charge in [0.1, 0.15) is 0 Å². The molecule has 0 amide bonds. The maximum atomic E-state index is 8.10. The van der Waals surface area contributed by atoms with Gasteiger partial charge in [-0.2, -0.15) is 0 Å². The molecule has 0 unspecified atom stereocenters. The van der Waals surface area contributed by atoms with Crippen molar-refractivity contribution in [1.82, 2.24) is 18.7 Å². The Labute approximate surface area is 304 Å². The van der Waals surface area contributed by atoms with E-state index in [4.69, 9.17) is 6.57 Å². The van der Waals surface area contributed by atoms with E-state index in [9.17, 15) is 0 Å². The summed E-state index contributed by atoms with van der Waals surface area (Å²) in [6.07, 6.45) is 3.86. The first-order valence-electron chi connectivity index (χ1n) is 17.7. The highest BCUT2D eigenvalue weighted by molar-refractivity contribution is 6.23. The predicted molar refractivity (Wildman–Crippen MR) is 219 cm³/mol. The van der Waals surface area contributed by atoms with Crippen molar-refractivity contribution in [3.63, 3.8) is 0 Å². The summed E-state index contributed by atoms with van der Waals surface area (Å²) in [5, 5.41) is 7.12. The van der Waals surface area contributed by atoms with Crippen molar-refractivity contribution in [1.29, 1.82) is 0 Å². The average molecular weight is 676 g/mol. The minimum atomic E-state index is 0.597. The summed E-state index contributed by atoms with van der Waals surface area (Å²) < 4.78 is 7.05. The van der Waals surface area contributed by atoms with Crippen LogP contribution >= 0.6 is 0 Å². The van der Waals surface area contributed by atoms with E-state index in [0.717, 1.165) is 61.2 Å². The Kier molecular flexibility index (Phi) is 6.25. The van der Waals surface area contributed by atoms with Crippen LogP contribution in [0.25, 0.3) is 98.5 Å². The van der Waals surface area contributed by atoms with Gasteiger partial charge in [0.25, 0.3) is 0 Å². The standard InChI is InChI=1S/C48H29N5/c1-49-33-26-32(28-36(29-33)51-43-19-8-5-16-37(43)38-17-6-9-20-44(38)51)31-12-11-15-35(27-31)53-46-30-50-25-24-40(46)42-23-22-41-39-18-7-10-21-45(39)52(47(41)48(42)53)34-13-3-2-4-14-34/h2-30H. The monoisotopic (exact) mass is 675 g/mol. The van der Waals surface area contributed by atoms with Gasteiger partial charge in [-0.25, -0.2) is 4.85 Å². The highest BCUT2D eigenvalue weighted by Crippen LogP contribution is 2.42. The zero-order chi connectivity index (χ0) is 35.0. The molecule has 0 fully saturated rings. The molecule has 4 heterocycles. The first-order valence-corrected chi connectivity index (χ1v) is 17.7. The van der Waals surface area contributed by atoms with Crippen LogP contribution in [0.15, 0.2) is 176 Å². The van der Waals surface area contributed by atoms with Crippen LogP contribution in [0.2, 0.25) is 0 Å². The van der Waals surface area contributed by atoms with Gasteiger partial charge in [-0.1, -0.05) is 97.1 Å². The Bertz CT molecular complexity index is 3250. The molecule has 4 aromatic heterocycles. The molecule has 0 saturated carbocycles. The van der Waals surface area contributed by atoms with Gasteiger partial charge in [0.2, 0.25) is 0 Å². The van der Waals surface area contributed by atoms with Gasteiger partial charge >= 0.3 is 0 Å². The van der Waals surface area contributed by atoms with Crippen molar-refractivity contribution in [3.05, 3.63) is 188 Å². The van der Waals surface area contributed by atoms with E-state index >= 15 is 0 Å². The molecular weight excluding hydrogens is 647 g/mol. The summed E-state index contributed by atoms with van der Waals surface area (Å²) in [6.45, 7) is 8.10. The molecule has 0 saturated heterocycles. The van der Waals surface area contributed by atoms with Gasteiger partial charge in [-0.05, 0) is 77.9 Å². The predicted octanol–water partition coefficient (Wildman–Crippen LogP) is 12.6. The van der Waals surface area contributed by atoms with Crippen LogP contribution in [0, 0.1) is 6.57 Å². The molecule has 11 aromatic rings. The van der Waals surface area contributed by atoms with Crippen LogP contribution in [-0.2, 0) is 0 Å². The van der Waals surface area contributed by atoms with Crippen LogP contribution in [0.3, 0.4) is 0 Å². The molecule has 0 aliphatic carbocycles. The van der Waals surface area contributed by atoms with Gasteiger partial charge in [-0.3, -0.25) is 4.98 Å². The van der Waals surface area contributed by atoms with Crippen LogP contribution in [0.5, 0.6) is 0 Å². The molecular formula is C48H29N5. The molecule has 5 heteroatoms. The lowest BCUT2D eigenvalue weighted by Crippen LogP contribution is -1.99. The highest BCUT2D eigenvalue weighted by Gasteiger charge is 2.21. The normalized spacial score (nSPS) is 11.8. The molecule has 0 bridgehead atoms. The lowest BCUT2D eigenvalue weighted by molar-refractivity contribution is 1.14. The van der Waals surface area contributed by atoms with Crippen LogP contribution in [0.1, 0.15) is 0 Å². The van der Waals surface area contributed by atoms with Crippen molar-refractivity contribution < 1.29 is 0 Å². The molecule has 5 nitrogen and oxygen atoms in total. The second-order valence-corrected chi connectivity index (χ2v) is 13.5. The first kappa shape index (κ1) is 29.3. The molecule has 0 radical (unpaired) electrons. The Hall–Kier alpha value is -7.42. The summed E-state index contributed by atoms with van der Waals surface area (Å²) in [5.41, 5.74) is 12.4. The van der Waals surface area contributed by atoms with Gasteiger partial charge < -0.3 is 13.7 Å². The van der Waals surface area contributed by atoms with Crippen molar-refractivity contribution in [3.8, 4) is 28.2 Å². The fourth-order valence-corrected chi connectivity index (χ4v) is 8.49. The zero-order valence-corrected chi connectivity index (χ0v) is 28.5. The number of fused-ring (bicyclic) bond motifs is 10. The second-order valence-electron chi connectivity index (χ2n) is 13.5. The maximum absolute atomic E-state index is 8.10. The van der Waals surface area contributed by atoms with Gasteiger partial charge in [0.15, 0.2) is 5.69 Å². The molecule has 246 valence electrons. The number of pyridine rings is 1. The summed E-state index contributed by atoms with van der Waals surface area (Å²) in [4.78, 5) is 8.58. The average Bonchev–Trinajstić information content (AvgIpc) is 3.87. The molecule has 53 heavy (non-hydrogen) atoms. The summed E-state index contributed by atoms with van der Waals surface area (Å²) >= 11 is 0. The summed E-state index contributed by atoms with van der Waals surface area (Å²) in [6, 6.07) is 57.8. The molecule has 0 atom stereocenters. The summed E-state index contributed by atoms with van der Waals surface area (Å²) in [7, 11) is 0. The number of para-hydroxylation sites is 4. The SMILES string of the molecule is [C-]#[N+]c1cc(-c2cccc(-n3c4cnccc4c4ccc5c6ccccc6n(-c6ccccc6)c5c43)c2)cc(-n2c3ccccc3c3ccccc32)c1. The van der Waals surface area contributed by atoms with Gasteiger partial charge in [-0.15, -0.1) is 0 Å². The number of aromatic nitrogens is 4. The largest absolute Gasteiger partial charge is 0.310 e. The van der Waals surface area contributed by atoms with E-state index < -0.39 is 0 Å². The van der Waals surface area contributed by atoms with E-state index in [1.807, 2.05) is 24.5 Å². The van der Waals surface area contributed by atoms with Gasteiger partial charge in [0.05, 0.1) is 45.9 Å². The topological polar surface area (TPSA) is 32.0 Å². The number of rotatable bonds is 4. The Balaban J connectivity index is 1.19. The fourth-order valence-electron chi connectivity index (χ4n) is 8.49. The Morgan fingerprint density at radius 1 is 0.396 bits per heavy atom. The highest BCUT2D eigenvalue weighted by atomic mass is 15.0. The minimum Gasteiger partial charge on any atom is -0.310 e. The molecule has 0 aliphatic heterocycles. The molecule has 0 spiro atoms. The molecule has 0 N–H and O–H groups in total. The van der Waals surface area contributed by atoms with E-state index in [-0.39, 0.29) is 0 Å². The Morgan fingerprint density at radius 2 is 0.943 bits per heavy atom. The van der Waals surface area contributed by atoms with Gasteiger partial charge in [0, 0.05) is 55.6 Å². The van der Waals surface area contributed by atoms with Crippen molar-refractivity contribution in [2.45, 2.75) is 0 Å². The third-order valence-corrected chi connectivity index (χ3v) is 10.7. The first-order chi connectivity index (χ1) is 26.3. The lowest BCUT2D eigenvalue weighted by atomic mass is 10.0. The number of nitrogens with zero attached hydrogens (tertiary/aromatic N) is 5. The summed E-state index contributed by atoms with van der Waals surface area (Å²) in [5.74, 6) is 0. The van der Waals surface area contributed by atoms with Crippen molar-refractivity contribution in [2.24, 2.45) is 0 Å². The number of hydrogen-bond donors (Lipinski definition) is 0. The molecule has 7 aromatic carbocycles. The minimum absolute atomic E-state index is 0.597. The van der Waals surface area contributed by atoms with E-state index in [0.29, 0.717) is 5.69 Å². The molecule has 0 aliphatic rings.